The molecule has 1 heterocycles. The van der Waals surface area contributed by atoms with Crippen LogP contribution in [0.25, 0.3) is 0 Å². The smallest absolute Gasteiger partial charge is 0.488 e. The van der Waals surface area contributed by atoms with Crippen LogP contribution in [0.15, 0.2) is 18.2 Å². The van der Waals surface area contributed by atoms with Crippen molar-refractivity contribution in [1.29, 1.82) is 0 Å². The summed E-state index contributed by atoms with van der Waals surface area (Å²) in [4.78, 5) is 2.34. The van der Waals surface area contributed by atoms with Gasteiger partial charge in [0.2, 0.25) is 0 Å². The quantitative estimate of drug-likeness (QED) is 0.729. The van der Waals surface area contributed by atoms with Crippen molar-refractivity contribution >= 4 is 12.6 Å². The van der Waals surface area contributed by atoms with Crippen molar-refractivity contribution in [3.8, 4) is 5.75 Å². The Morgan fingerprint density at radius 2 is 2.25 bits per heavy atom. The molecule has 0 radical (unpaired) electrons. The van der Waals surface area contributed by atoms with Crippen LogP contribution in [0.2, 0.25) is 0 Å². The van der Waals surface area contributed by atoms with E-state index in [0.29, 0.717) is 12.1 Å². The van der Waals surface area contributed by atoms with Gasteiger partial charge < -0.3 is 19.5 Å². The number of hydrogen-bond acceptors (Lipinski definition) is 5. The van der Waals surface area contributed by atoms with E-state index in [2.05, 4.69) is 11.8 Å². The Morgan fingerprint density at radius 3 is 2.90 bits per heavy atom. The van der Waals surface area contributed by atoms with Gasteiger partial charge in [0, 0.05) is 13.1 Å². The van der Waals surface area contributed by atoms with Crippen molar-refractivity contribution < 1.29 is 19.5 Å². The summed E-state index contributed by atoms with van der Waals surface area (Å²) in [6.07, 6.45) is 0.0891. The summed E-state index contributed by atoms with van der Waals surface area (Å²) in [5, 5.41) is 18.2. The van der Waals surface area contributed by atoms with Crippen molar-refractivity contribution in [2.45, 2.75) is 20.0 Å². The van der Waals surface area contributed by atoms with Crippen molar-refractivity contribution in [1.82, 2.24) is 4.90 Å². The first-order valence-corrected chi connectivity index (χ1v) is 7.03. The van der Waals surface area contributed by atoms with Gasteiger partial charge in [-0.25, -0.2) is 0 Å². The molecule has 1 unspecified atom stereocenters. The lowest BCUT2D eigenvalue weighted by Crippen LogP contribution is -2.44. The zero-order chi connectivity index (χ0) is 14.5. The highest BCUT2D eigenvalue weighted by Crippen LogP contribution is 2.17. The molecule has 20 heavy (non-hydrogen) atoms. The predicted octanol–water partition coefficient (Wildman–Crippen LogP) is -0.226. The molecule has 2 N–H and O–H groups in total. The lowest BCUT2D eigenvalue weighted by molar-refractivity contribution is -0.0464. The van der Waals surface area contributed by atoms with Gasteiger partial charge in [0.25, 0.3) is 0 Å². The number of likely N-dealkylation sites (N-methyl/N-ethyl adjacent to an activating group) is 1. The average molecular weight is 279 g/mol. The fourth-order valence-electron chi connectivity index (χ4n) is 2.35. The minimum absolute atomic E-state index is 0.0891. The number of rotatable bonds is 5. The molecule has 1 aromatic carbocycles. The Hall–Kier alpha value is -1.08. The molecule has 1 aliphatic rings. The molecule has 6 heteroatoms. The highest BCUT2D eigenvalue weighted by molar-refractivity contribution is 6.58. The first kappa shape index (κ1) is 15.3. The number of aryl methyl sites for hydroxylation is 1. The van der Waals surface area contributed by atoms with Gasteiger partial charge in [0.1, 0.15) is 18.5 Å². The average Bonchev–Trinajstić information content (AvgIpc) is 2.46. The summed E-state index contributed by atoms with van der Waals surface area (Å²) in [6.45, 7) is 8.20. The number of ether oxygens (including phenoxy) is 2. The molecule has 2 rings (SSSR count). The van der Waals surface area contributed by atoms with Gasteiger partial charge in [-0.3, -0.25) is 4.90 Å². The summed E-state index contributed by atoms with van der Waals surface area (Å²) >= 11 is 0. The van der Waals surface area contributed by atoms with E-state index in [1.165, 1.54) is 0 Å². The highest BCUT2D eigenvalue weighted by atomic mass is 16.5. The Morgan fingerprint density at radius 1 is 1.45 bits per heavy atom. The number of hydrogen-bond donors (Lipinski definition) is 2. The van der Waals surface area contributed by atoms with Gasteiger partial charge in [0.05, 0.1) is 6.61 Å². The zero-order valence-corrected chi connectivity index (χ0v) is 12.1. The summed E-state index contributed by atoms with van der Waals surface area (Å²) in [5.41, 5.74) is 1.36. The molecule has 0 amide bonds. The Kier molecular flexibility index (Phi) is 5.42. The monoisotopic (exact) mass is 279 g/mol. The fourth-order valence-corrected chi connectivity index (χ4v) is 2.35. The predicted molar refractivity (Wildman–Crippen MR) is 78.4 cm³/mol. The molecular weight excluding hydrogens is 257 g/mol. The fraction of sp³-hybridized carbons (Fsp3) is 0.571. The molecule has 1 fully saturated rings. The van der Waals surface area contributed by atoms with Gasteiger partial charge in [-0.05, 0) is 30.6 Å². The summed E-state index contributed by atoms with van der Waals surface area (Å²) in [5.74, 6) is 0.756. The maximum Gasteiger partial charge on any atom is 0.488 e. The summed E-state index contributed by atoms with van der Waals surface area (Å²) < 4.78 is 11.5. The van der Waals surface area contributed by atoms with Gasteiger partial charge in [-0.15, -0.1) is 0 Å². The molecule has 1 aromatic rings. The van der Waals surface area contributed by atoms with Crippen LogP contribution in [0.4, 0.5) is 0 Å². The second-order valence-corrected chi connectivity index (χ2v) is 5.10. The van der Waals surface area contributed by atoms with Crippen LogP contribution in [0.5, 0.6) is 5.75 Å². The molecule has 1 aliphatic heterocycles. The Labute approximate surface area is 120 Å². The van der Waals surface area contributed by atoms with E-state index >= 15 is 0 Å². The lowest BCUT2D eigenvalue weighted by Gasteiger charge is -2.32. The van der Waals surface area contributed by atoms with Gasteiger partial charge in [-0.2, -0.15) is 0 Å². The van der Waals surface area contributed by atoms with Gasteiger partial charge in [-0.1, -0.05) is 19.1 Å². The Bertz CT molecular complexity index is 441. The van der Waals surface area contributed by atoms with E-state index in [4.69, 9.17) is 19.5 Å². The zero-order valence-electron chi connectivity index (χ0n) is 12.1. The maximum absolute atomic E-state index is 9.12. The molecule has 0 spiro atoms. The van der Waals surface area contributed by atoms with E-state index in [0.717, 1.165) is 37.6 Å². The topological polar surface area (TPSA) is 62.2 Å². The van der Waals surface area contributed by atoms with Crippen LogP contribution in [0.3, 0.4) is 0 Å². The van der Waals surface area contributed by atoms with Crippen LogP contribution >= 0.6 is 0 Å². The summed E-state index contributed by atoms with van der Waals surface area (Å²) in [6, 6.07) is 5.15. The second-order valence-electron chi connectivity index (χ2n) is 5.10. The van der Waals surface area contributed by atoms with Crippen LogP contribution in [0, 0.1) is 6.92 Å². The third-order valence-electron chi connectivity index (χ3n) is 3.59. The molecule has 0 bridgehead atoms. The largest absolute Gasteiger partial charge is 0.491 e. The second kappa shape index (κ2) is 7.08. The van der Waals surface area contributed by atoms with Gasteiger partial charge >= 0.3 is 7.12 Å². The van der Waals surface area contributed by atoms with E-state index in [1.54, 1.807) is 18.2 Å². The first-order valence-electron chi connectivity index (χ1n) is 7.03. The van der Waals surface area contributed by atoms with Crippen molar-refractivity contribution in [3.63, 3.8) is 0 Å². The van der Waals surface area contributed by atoms with Crippen molar-refractivity contribution in [2.75, 3.05) is 32.8 Å². The molecule has 0 aromatic heterocycles. The molecule has 0 saturated carbocycles. The third kappa shape index (κ3) is 3.96. The Balaban J connectivity index is 1.90. The van der Waals surface area contributed by atoms with Gasteiger partial charge in [0.15, 0.2) is 0 Å². The molecule has 1 saturated heterocycles. The number of benzene rings is 1. The lowest BCUT2D eigenvalue weighted by atomic mass is 9.79. The summed E-state index contributed by atoms with van der Waals surface area (Å²) in [7, 11) is -1.44. The highest BCUT2D eigenvalue weighted by Gasteiger charge is 2.20. The molecular formula is C14H22BNO4. The minimum atomic E-state index is -1.44. The van der Waals surface area contributed by atoms with E-state index in [-0.39, 0.29) is 6.10 Å². The standard InChI is InChI=1S/C14H22BNO4/c1-3-16-6-7-19-13(9-16)10-20-14-5-4-12(15(17)18)8-11(14)2/h4-5,8,13,17-18H,3,6-7,9-10H2,1-2H3. The van der Waals surface area contributed by atoms with Crippen LogP contribution in [-0.4, -0.2) is 61.0 Å². The van der Waals surface area contributed by atoms with Crippen molar-refractivity contribution in [3.05, 3.63) is 23.8 Å². The molecule has 110 valence electrons. The number of nitrogens with zero attached hydrogens (tertiary/aromatic N) is 1. The van der Waals surface area contributed by atoms with E-state index < -0.39 is 7.12 Å². The van der Waals surface area contributed by atoms with E-state index in [1.807, 2.05) is 6.92 Å². The molecule has 1 atom stereocenters. The normalized spacial score (nSPS) is 19.9. The number of morpholine rings is 1. The first-order chi connectivity index (χ1) is 9.60. The van der Waals surface area contributed by atoms with Crippen LogP contribution in [-0.2, 0) is 4.74 Å². The third-order valence-corrected chi connectivity index (χ3v) is 3.59. The minimum Gasteiger partial charge on any atom is -0.491 e. The molecule has 5 nitrogen and oxygen atoms in total. The molecule has 0 aliphatic carbocycles. The maximum atomic E-state index is 9.12. The van der Waals surface area contributed by atoms with E-state index in [9.17, 15) is 0 Å². The van der Waals surface area contributed by atoms with Crippen LogP contribution < -0.4 is 10.2 Å². The SMILES string of the molecule is CCN1CCOC(COc2ccc(B(O)O)cc2C)C1. The van der Waals surface area contributed by atoms with Crippen molar-refractivity contribution in [2.24, 2.45) is 0 Å². The van der Waals surface area contributed by atoms with Crippen LogP contribution in [0.1, 0.15) is 12.5 Å².